The number of anilines is 1. The van der Waals surface area contributed by atoms with E-state index in [1.165, 1.54) is 7.11 Å². The molecule has 1 atom stereocenters. The molecule has 0 bridgehead atoms. The van der Waals surface area contributed by atoms with Crippen LogP contribution in [0.4, 0.5) is 5.69 Å². The highest BCUT2D eigenvalue weighted by Gasteiger charge is 2.12. The first kappa shape index (κ1) is 13.0. The van der Waals surface area contributed by atoms with Crippen LogP contribution in [0.1, 0.15) is 17.3 Å². The number of benzene rings is 1. The van der Waals surface area contributed by atoms with Crippen molar-refractivity contribution in [1.82, 2.24) is 5.32 Å². The maximum absolute atomic E-state index is 11.3. The molecule has 5 heteroatoms. The number of carbonyl (C=O) groups excluding carboxylic acids is 2. The van der Waals surface area contributed by atoms with Crippen LogP contribution in [0.3, 0.4) is 0 Å². The van der Waals surface area contributed by atoms with Crippen LogP contribution in [-0.4, -0.2) is 32.1 Å². The van der Waals surface area contributed by atoms with Gasteiger partial charge < -0.3 is 15.4 Å². The molecular formula is C12H16N2O3. The highest BCUT2D eigenvalue weighted by atomic mass is 16.5. The summed E-state index contributed by atoms with van der Waals surface area (Å²) in [7, 11) is 2.92. The minimum absolute atomic E-state index is 0.141. The Hall–Kier alpha value is -2.04. The zero-order chi connectivity index (χ0) is 12.8. The monoisotopic (exact) mass is 236 g/mol. The molecule has 0 aliphatic carbocycles. The molecule has 0 heterocycles. The molecule has 0 radical (unpaired) electrons. The van der Waals surface area contributed by atoms with E-state index in [0.717, 1.165) is 5.69 Å². The van der Waals surface area contributed by atoms with Crippen molar-refractivity contribution in [2.75, 3.05) is 19.5 Å². The van der Waals surface area contributed by atoms with Crippen molar-refractivity contribution >= 4 is 17.6 Å². The van der Waals surface area contributed by atoms with Crippen LogP contribution in [0.15, 0.2) is 24.3 Å². The molecule has 1 unspecified atom stereocenters. The van der Waals surface area contributed by atoms with E-state index in [0.29, 0.717) is 5.56 Å². The first-order valence-corrected chi connectivity index (χ1v) is 5.25. The molecule has 92 valence electrons. The summed E-state index contributed by atoms with van der Waals surface area (Å²) in [4.78, 5) is 22.5. The van der Waals surface area contributed by atoms with Crippen molar-refractivity contribution in [2.45, 2.75) is 13.0 Å². The van der Waals surface area contributed by atoms with Crippen LogP contribution in [0, 0.1) is 0 Å². The zero-order valence-electron chi connectivity index (χ0n) is 10.1. The third-order valence-electron chi connectivity index (χ3n) is 2.31. The summed E-state index contributed by atoms with van der Waals surface area (Å²) in [6, 6.07) is 6.43. The normalized spacial score (nSPS) is 11.5. The molecule has 1 aromatic carbocycles. The number of hydrogen-bond donors (Lipinski definition) is 2. The summed E-state index contributed by atoms with van der Waals surface area (Å²) in [6.07, 6.45) is 0. The Labute approximate surface area is 100 Å². The van der Waals surface area contributed by atoms with Crippen LogP contribution in [0.25, 0.3) is 0 Å². The number of rotatable bonds is 4. The van der Waals surface area contributed by atoms with E-state index in [1.54, 1.807) is 38.2 Å². The number of amides is 1. The standard InChI is InChI=1S/C12H16N2O3/c1-8(12(16)17-3)14-10-6-4-9(5-7-10)11(15)13-2/h4-8,14H,1-3H3,(H,13,15). The van der Waals surface area contributed by atoms with Gasteiger partial charge in [-0.1, -0.05) is 0 Å². The number of esters is 1. The van der Waals surface area contributed by atoms with E-state index >= 15 is 0 Å². The largest absolute Gasteiger partial charge is 0.467 e. The van der Waals surface area contributed by atoms with Crippen LogP contribution in [0.2, 0.25) is 0 Å². The van der Waals surface area contributed by atoms with Gasteiger partial charge in [-0.2, -0.15) is 0 Å². The molecule has 5 nitrogen and oxygen atoms in total. The minimum atomic E-state index is -0.425. The molecule has 1 rings (SSSR count). The maximum Gasteiger partial charge on any atom is 0.327 e. The lowest BCUT2D eigenvalue weighted by molar-refractivity contribution is -0.141. The second-order valence-corrected chi connectivity index (χ2v) is 3.55. The fourth-order valence-electron chi connectivity index (χ4n) is 1.35. The molecule has 1 aromatic rings. The van der Waals surface area contributed by atoms with Gasteiger partial charge in [0.25, 0.3) is 5.91 Å². The van der Waals surface area contributed by atoms with Crippen molar-refractivity contribution in [1.29, 1.82) is 0 Å². The lowest BCUT2D eigenvalue weighted by atomic mass is 10.2. The van der Waals surface area contributed by atoms with Gasteiger partial charge in [-0.05, 0) is 31.2 Å². The van der Waals surface area contributed by atoms with E-state index in [2.05, 4.69) is 15.4 Å². The van der Waals surface area contributed by atoms with E-state index in [1.807, 2.05) is 0 Å². The summed E-state index contributed by atoms with van der Waals surface area (Å²) < 4.78 is 4.60. The Kier molecular flexibility index (Phi) is 4.51. The molecule has 0 saturated carbocycles. The van der Waals surface area contributed by atoms with Gasteiger partial charge in [-0.3, -0.25) is 4.79 Å². The smallest absolute Gasteiger partial charge is 0.327 e. The summed E-state index contributed by atoms with van der Waals surface area (Å²) in [5, 5.41) is 5.51. The van der Waals surface area contributed by atoms with Gasteiger partial charge in [0.2, 0.25) is 0 Å². The summed E-state index contributed by atoms with van der Waals surface area (Å²) in [6.45, 7) is 1.71. The van der Waals surface area contributed by atoms with Crippen LogP contribution >= 0.6 is 0 Å². The maximum atomic E-state index is 11.3. The number of methoxy groups -OCH3 is 1. The number of ether oxygens (including phenoxy) is 1. The second kappa shape index (κ2) is 5.89. The molecule has 0 aliphatic heterocycles. The first-order chi connectivity index (χ1) is 8.08. The average molecular weight is 236 g/mol. The van der Waals surface area contributed by atoms with Gasteiger partial charge in [0.05, 0.1) is 7.11 Å². The van der Waals surface area contributed by atoms with Crippen molar-refractivity contribution in [3.05, 3.63) is 29.8 Å². The molecule has 17 heavy (non-hydrogen) atoms. The van der Waals surface area contributed by atoms with Gasteiger partial charge in [0.15, 0.2) is 0 Å². The number of nitrogens with one attached hydrogen (secondary N) is 2. The number of carbonyl (C=O) groups is 2. The highest BCUT2D eigenvalue weighted by Crippen LogP contribution is 2.11. The predicted octanol–water partition coefficient (Wildman–Crippen LogP) is 1.02. The molecular weight excluding hydrogens is 220 g/mol. The summed E-state index contributed by atoms with van der Waals surface area (Å²) in [5.41, 5.74) is 1.33. The first-order valence-electron chi connectivity index (χ1n) is 5.25. The van der Waals surface area contributed by atoms with Gasteiger partial charge in [0, 0.05) is 18.3 Å². The Balaban J connectivity index is 2.68. The molecule has 0 spiro atoms. The molecule has 0 aliphatic rings. The molecule has 0 aromatic heterocycles. The molecule has 2 N–H and O–H groups in total. The van der Waals surface area contributed by atoms with Gasteiger partial charge in [-0.25, -0.2) is 4.79 Å². The number of hydrogen-bond acceptors (Lipinski definition) is 4. The van der Waals surface area contributed by atoms with E-state index in [4.69, 9.17) is 0 Å². The third-order valence-corrected chi connectivity index (χ3v) is 2.31. The van der Waals surface area contributed by atoms with Crippen molar-refractivity contribution in [3.8, 4) is 0 Å². The van der Waals surface area contributed by atoms with Crippen molar-refractivity contribution < 1.29 is 14.3 Å². The average Bonchev–Trinajstić information content (AvgIpc) is 2.37. The molecule has 1 amide bonds. The van der Waals surface area contributed by atoms with E-state index in [-0.39, 0.29) is 11.9 Å². The van der Waals surface area contributed by atoms with Crippen LogP contribution in [-0.2, 0) is 9.53 Å². The highest BCUT2D eigenvalue weighted by molar-refractivity contribution is 5.94. The molecule has 0 fully saturated rings. The Morgan fingerprint density at radius 1 is 1.24 bits per heavy atom. The fourth-order valence-corrected chi connectivity index (χ4v) is 1.35. The van der Waals surface area contributed by atoms with E-state index in [9.17, 15) is 9.59 Å². The lowest BCUT2D eigenvalue weighted by Gasteiger charge is -2.12. The lowest BCUT2D eigenvalue weighted by Crippen LogP contribution is -2.27. The fraction of sp³-hybridized carbons (Fsp3) is 0.333. The van der Waals surface area contributed by atoms with Gasteiger partial charge in [-0.15, -0.1) is 0 Å². The summed E-state index contributed by atoms with van der Waals surface area (Å²) >= 11 is 0. The Morgan fingerprint density at radius 3 is 2.29 bits per heavy atom. The SMILES string of the molecule is CNC(=O)c1ccc(NC(C)C(=O)OC)cc1. The third kappa shape index (κ3) is 3.48. The van der Waals surface area contributed by atoms with E-state index < -0.39 is 6.04 Å². The van der Waals surface area contributed by atoms with Gasteiger partial charge in [0.1, 0.15) is 6.04 Å². The second-order valence-electron chi connectivity index (χ2n) is 3.55. The Bertz CT molecular complexity index is 401. The topological polar surface area (TPSA) is 67.4 Å². The quantitative estimate of drug-likeness (QED) is 0.766. The van der Waals surface area contributed by atoms with Gasteiger partial charge >= 0.3 is 5.97 Å². The van der Waals surface area contributed by atoms with Crippen LogP contribution in [0.5, 0.6) is 0 Å². The zero-order valence-corrected chi connectivity index (χ0v) is 10.1. The van der Waals surface area contributed by atoms with Crippen molar-refractivity contribution in [2.24, 2.45) is 0 Å². The van der Waals surface area contributed by atoms with Crippen molar-refractivity contribution in [3.63, 3.8) is 0 Å². The summed E-state index contributed by atoms with van der Waals surface area (Å²) in [5.74, 6) is -0.474. The Morgan fingerprint density at radius 2 is 1.82 bits per heavy atom. The minimum Gasteiger partial charge on any atom is -0.467 e. The van der Waals surface area contributed by atoms with Crippen LogP contribution < -0.4 is 10.6 Å². The predicted molar refractivity (Wildman–Crippen MR) is 64.9 cm³/mol. The molecule has 0 saturated heterocycles.